The second-order valence-corrected chi connectivity index (χ2v) is 15.5. The van der Waals surface area contributed by atoms with Gasteiger partial charge in [0.2, 0.25) is 11.9 Å². The van der Waals surface area contributed by atoms with E-state index in [1.807, 2.05) is 53.0 Å². The summed E-state index contributed by atoms with van der Waals surface area (Å²) < 4.78 is 36.6. The normalized spacial score (nSPS) is 22.8. The molecule has 6 rings (SSSR count). The van der Waals surface area contributed by atoms with Crippen molar-refractivity contribution in [1.82, 2.24) is 24.3 Å². The lowest BCUT2D eigenvalue weighted by Crippen LogP contribution is -2.46. The summed E-state index contributed by atoms with van der Waals surface area (Å²) in [6.45, 7) is 2.54. The highest BCUT2D eigenvalue weighted by molar-refractivity contribution is 7.90. The first-order valence-corrected chi connectivity index (χ1v) is 18.9. The highest BCUT2D eigenvalue weighted by Gasteiger charge is 2.35. The Morgan fingerprint density at radius 3 is 2.51 bits per heavy atom. The number of likely N-dealkylation sites (N-methyl/N-ethyl adjacent to an activating group) is 1. The van der Waals surface area contributed by atoms with E-state index in [9.17, 15) is 18.0 Å². The van der Waals surface area contributed by atoms with Crippen LogP contribution in [0.5, 0.6) is 5.75 Å². The monoisotopic (exact) mass is 666 g/mol. The summed E-state index contributed by atoms with van der Waals surface area (Å²) in [4.78, 5) is 39.2. The minimum Gasteiger partial charge on any atom is -0.493 e. The van der Waals surface area contributed by atoms with Gasteiger partial charge in [0.15, 0.2) is 0 Å². The summed E-state index contributed by atoms with van der Waals surface area (Å²) in [7, 11) is -1.05. The van der Waals surface area contributed by atoms with Crippen LogP contribution in [0.15, 0.2) is 42.7 Å². The predicted octanol–water partition coefficient (Wildman–Crippen LogP) is 3.83. The van der Waals surface area contributed by atoms with Gasteiger partial charge >= 0.3 is 5.97 Å². The van der Waals surface area contributed by atoms with Gasteiger partial charge in [-0.3, -0.25) is 14.5 Å². The van der Waals surface area contributed by atoms with Crippen molar-refractivity contribution >= 4 is 38.6 Å². The zero-order valence-corrected chi connectivity index (χ0v) is 28.2. The van der Waals surface area contributed by atoms with E-state index in [4.69, 9.17) is 14.5 Å². The maximum Gasteiger partial charge on any atom is 0.323 e. The average Bonchev–Trinajstić information content (AvgIpc) is 3.70. The summed E-state index contributed by atoms with van der Waals surface area (Å²) >= 11 is 0. The molecule has 0 bridgehead atoms. The lowest BCUT2D eigenvalue weighted by atomic mass is 9.85. The number of rotatable bonds is 11. The highest BCUT2D eigenvalue weighted by atomic mass is 32.2. The molecule has 3 fully saturated rings. The molecule has 2 aromatic heterocycles. The molecule has 2 aliphatic heterocycles. The van der Waals surface area contributed by atoms with Gasteiger partial charge in [-0.15, -0.1) is 0 Å². The van der Waals surface area contributed by atoms with Crippen molar-refractivity contribution in [3.05, 3.63) is 42.7 Å². The number of amides is 1. The van der Waals surface area contributed by atoms with Gasteiger partial charge in [0.05, 0.1) is 17.9 Å². The van der Waals surface area contributed by atoms with E-state index in [0.29, 0.717) is 50.7 Å². The molecule has 13 heteroatoms. The van der Waals surface area contributed by atoms with Gasteiger partial charge in [-0.05, 0) is 82.8 Å². The molecule has 1 saturated carbocycles. The lowest BCUT2D eigenvalue weighted by molar-refractivity contribution is -0.157. The number of nitrogens with zero attached hydrogens (tertiary/aromatic N) is 5. The van der Waals surface area contributed by atoms with Crippen LogP contribution in [0.3, 0.4) is 0 Å². The minimum absolute atomic E-state index is 0.0144. The first kappa shape index (κ1) is 33.2. The number of sulfone groups is 1. The number of hydrogen-bond acceptors (Lipinski definition) is 10. The molecule has 0 radical (unpaired) electrons. The Morgan fingerprint density at radius 1 is 1.00 bits per heavy atom. The van der Waals surface area contributed by atoms with Crippen molar-refractivity contribution in [3.8, 4) is 11.6 Å². The largest absolute Gasteiger partial charge is 0.493 e. The van der Waals surface area contributed by atoms with E-state index >= 15 is 0 Å². The number of likely N-dealkylation sites (tertiary alicyclic amines) is 2. The fourth-order valence-electron chi connectivity index (χ4n) is 7.09. The van der Waals surface area contributed by atoms with E-state index in [1.54, 1.807) is 6.20 Å². The number of piperidine rings is 1. The maximum atomic E-state index is 13.4. The topological polar surface area (TPSA) is 136 Å². The van der Waals surface area contributed by atoms with Crippen molar-refractivity contribution in [2.75, 3.05) is 50.6 Å². The van der Waals surface area contributed by atoms with Crippen LogP contribution in [0.4, 0.5) is 5.95 Å². The molecule has 1 atom stereocenters. The fraction of sp³-hybridized carbons (Fsp3) is 0.588. The molecule has 1 unspecified atom stereocenters. The third-order valence-corrected chi connectivity index (χ3v) is 10.8. The minimum atomic E-state index is -3.02. The van der Waals surface area contributed by atoms with Gasteiger partial charge in [-0.1, -0.05) is 6.07 Å². The standard InChI is InChI=1S/C34H46N6O6S/c1-38-18-4-7-29(38)33(42)46-26-14-19-39(20-15-26)32(41)24-9-11-25(12-10-24)36-34-35-17-13-31(37-34)40-21-16-27-28(40)6-3-8-30(27)45-22-5-23-47(2,43)44/h3,6,8,13,16-17,21,24-26,29H,4-5,7,9-12,14-15,18-20,22-23H2,1-2H3,(H,35,36,37)/t24-,25-,29?. The van der Waals surface area contributed by atoms with E-state index in [2.05, 4.69) is 15.2 Å². The molecule has 3 aliphatic rings. The number of nitrogens with one attached hydrogen (secondary N) is 1. The zero-order chi connectivity index (χ0) is 33.0. The molecule has 1 N–H and O–H groups in total. The van der Waals surface area contributed by atoms with Gasteiger partial charge in [0.25, 0.3) is 0 Å². The van der Waals surface area contributed by atoms with Gasteiger partial charge in [0.1, 0.15) is 33.6 Å². The lowest BCUT2D eigenvalue weighted by Gasteiger charge is -2.36. The Bertz CT molecular complexity index is 1660. The summed E-state index contributed by atoms with van der Waals surface area (Å²) in [6.07, 6.45) is 11.9. The Balaban J connectivity index is 0.981. The molecule has 12 nitrogen and oxygen atoms in total. The van der Waals surface area contributed by atoms with Crippen molar-refractivity contribution in [2.45, 2.75) is 76.0 Å². The number of fused-ring (bicyclic) bond motifs is 1. The van der Waals surface area contributed by atoms with Crippen LogP contribution in [0.2, 0.25) is 0 Å². The number of carbonyl (C=O) groups is 2. The quantitative estimate of drug-likeness (QED) is 0.238. The van der Waals surface area contributed by atoms with Crippen molar-refractivity contribution in [1.29, 1.82) is 0 Å². The maximum absolute atomic E-state index is 13.4. The Morgan fingerprint density at radius 2 is 1.79 bits per heavy atom. The molecule has 254 valence electrons. The molecule has 0 spiro atoms. The third kappa shape index (κ3) is 8.24. The second kappa shape index (κ2) is 14.6. The Labute approximate surface area is 276 Å². The smallest absolute Gasteiger partial charge is 0.323 e. The van der Waals surface area contributed by atoms with Gasteiger partial charge in [0, 0.05) is 61.9 Å². The van der Waals surface area contributed by atoms with E-state index in [0.717, 1.165) is 61.8 Å². The SMILES string of the molecule is CN1CCCC1C(=O)OC1CCN(C(=O)[C@H]2CC[C@H](Nc3nccc(-n4ccc5c(OCCCS(C)(=O)=O)cccc54)n3)CC2)CC1. The number of anilines is 1. The molecular weight excluding hydrogens is 620 g/mol. The number of aromatic nitrogens is 3. The second-order valence-electron chi connectivity index (χ2n) is 13.2. The molecule has 1 aliphatic carbocycles. The molecule has 2 saturated heterocycles. The first-order valence-electron chi connectivity index (χ1n) is 16.8. The van der Waals surface area contributed by atoms with Gasteiger partial charge in [-0.2, -0.15) is 4.98 Å². The molecule has 3 aromatic rings. The molecule has 1 aromatic carbocycles. The summed E-state index contributed by atoms with van der Waals surface area (Å²) in [5.74, 6) is 2.19. The van der Waals surface area contributed by atoms with Crippen molar-refractivity contribution in [3.63, 3.8) is 0 Å². The molecule has 4 heterocycles. The van der Waals surface area contributed by atoms with E-state index < -0.39 is 9.84 Å². The van der Waals surface area contributed by atoms with Crippen LogP contribution < -0.4 is 10.1 Å². The zero-order valence-electron chi connectivity index (χ0n) is 27.3. The molecular formula is C34H46N6O6S. The Kier molecular flexibility index (Phi) is 10.3. The van der Waals surface area contributed by atoms with Crippen LogP contribution in [-0.4, -0.2) is 108 Å². The Hall–Kier alpha value is -3.71. The predicted molar refractivity (Wildman–Crippen MR) is 179 cm³/mol. The van der Waals surface area contributed by atoms with Crippen LogP contribution >= 0.6 is 0 Å². The van der Waals surface area contributed by atoms with Gasteiger partial charge in [-0.25, -0.2) is 13.4 Å². The number of ether oxygens (including phenoxy) is 2. The number of benzene rings is 1. The van der Waals surface area contributed by atoms with Crippen LogP contribution in [-0.2, 0) is 24.2 Å². The first-order chi connectivity index (χ1) is 22.6. The van der Waals surface area contributed by atoms with E-state index in [1.165, 1.54) is 6.26 Å². The average molecular weight is 667 g/mol. The fourth-order valence-corrected chi connectivity index (χ4v) is 7.73. The van der Waals surface area contributed by atoms with Gasteiger partial charge < -0.3 is 24.3 Å². The van der Waals surface area contributed by atoms with Crippen molar-refractivity contribution < 1.29 is 27.5 Å². The summed E-state index contributed by atoms with van der Waals surface area (Å²) in [5.41, 5.74) is 0.929. The third-order valence-electron chi connectivity index (χ3n) is 9.74. The van der Waals surface area contributed by atoms with Crippen LogP contribution in [0, 0.1) is 5.92 Å². The van der Waals surface area contributed by atoms with E-state index in [-0.39, 0.29) is 41.7 Å². The highest BCUT2D eigenvalue weighted by Crippen LogP contribution is 2.31. The number of esters is 1. The van der Waals surface area contributed by atoms with Crippen molar-refractivity contribution in [2.24, 2.45) is 5.92 Å². The molecule has 47 heavy (non-hydrogen) atoms. The summed E-state index contributed by atoms with van der Waals surface area (Å²) in [6, 6.07) is 9.68. The molecule has 1 amide bonds. The number of hydrogen-bond donors (Lipinski definition) is 1. The summed E-state index contributed by atoms with van der Waals surface area (Å²) in [5, 5.41) is 4.41. The number of carbonyl (C=O) groups excluding carboxylic acids is 2. The van der Waals surface area contributed by atoms with Crippen LogP contribution in [0.1, 0.15) is 57.8 Å². The van der Waals surface area contributed by atoms with Crippen LogP contribution in [0.25, 0.3) is 16.7 Å².